The Labute approximate surface area is 115 Å². The summed E-state index contributed by atoms with van der Waals surface area (Å²) in [6, 6.07) is 11.0. The quantitative estimate of drug-likeness (QED) is 0.797. The van der Waals surface area contributed by atoms with Crippen molar-refractivity contribution in [3.8, 4) is 6.07 Å². The normalized spacial score (nSPS) is 11.7. The van der Waals surface area contributed by atoms with E-state index in [-0.39, 0.29) is 11.1 Å². The zero-order chi connectivity index (χ0) is 14.7. The minimum absolute atomic E-state index is 0.110. The highest BCUT2D eigenvalue weighted by Crippen LogP contribution is 2.22. The van der Waals surface area contributed by atoms with Crippen molar-refractivity contribution >= 4 is 5.78 Å². The van der Waals surface area contributed by atoms with Gasteiger partial charge in [-0.2, -0.15) is 5.26 Å². The molecule has 2 rings (SSSR count). The van der Waals surface area contributed by atoms with Crippen molar-refractivity contribution in [3.63, 3.8) is 0 Å². The fraction of sp³-hybridized carbons (Fsp3) is 0.125. The lowest BCUT2D eigenvalue weighted by atomic mass is 9.91. The van der Waals surface area contributed by atoms with Crippen molar-refractivity contribution in [2.45, 2.75) is 12.8 Å². The first kappa shape index (κ1) is 13.9. The summed E-state index contributed by atoms with van der Waals surface area (Å²) in [4.78, 5) is 12.3. The number of ketones is 1. The second kappa shape index (κ2) is 5.62. The average molecular weight is 271 g/mol. The van der Waals surface area contributed by atoms with E-state index in [1.54, 1.807) is 6.92 Å². The number of hydrogen-bond acceptors (Lipinski definition) is 2. The highest BCUT2D eigenvalue weighted by Gasteiger charge is 2.22. The molecule has 1 unspecified atom stereocenters. The van der Waals surface area contributed by atoms with Gasteiger partial charge in [0.2, 0.25) is 0 Å². The van der Waals surface area contributed by atoms with E-state index in [0.29, 0.717) is 5.56 Å². The molecule has 0 heterocycles. The summed E-state index contributed by atoms with van der Waals surface area (Å²) < 4.78 is 26.5. The zero-order valence-electron chi connectivity index (χ0n) is 10.7. The summed E-state index contributed by atoms with van der Waals surface area (Å²) in [7, 11) is 0. The van der Waals surface area contributed by atoms with Crippen LogP contribution in [-0.2, 0) is 0 Å². The Bertz CT molecular complexity index is 684. The molecule has 0 bridgehead atoms. The van der Waals surface area contributed by atoms with Crippen molar-refractivity contribution in [1.29, 1.82) is 5.26 Å². The molecule has 0 aliphatic carbocycles. The fourth-order valence-corrected chi connectivity index (χ4v) is 2.02. The summed E-state index contributed by atoms with van der Waals surface area (Å²) in [6.07, 6.45) is 0. The monoisotopic (exact) mass is 271 g/mol. The van der Waals surface area contributed by atoms with Crippen LogP contribution in [-0.4, -0.2) is 5.78 Å². The first-order valence-corrected chi connectivity index (χ1v) is 5.98. The van der Waals surface area contributed by atoms with Crippen LogP contribution in [0.5, 0.6) is 0 Å². The van der Waals surface area contributed by atoms with Crippen LogP contribution in [0.15, 0.2) is 42.5 Å². The Balaban J connectivity index is 2.42. The standard InChI is InChI=1S/C16H11F2NO/c1-10-5-12(8-14(18)6-10)16(20)15(9-19)11-3-2-4-13(17)7-11/h2-8,15H,1H3. The Morgan fingerprint density at radius 2 is 1.90 bits per heavy atom. The van der Waals surface area contributed by atoms with E-state index in [0.717, 1.165) is 12.1 Å². The number of carbonyl (C=O) groups is 1. The molecule has 2 nitrogen and oxygen atoms in total. The van der Waals surface area contributed by atoms with Crippen LogP contribution in [0.1, 0.15) is 27.4 Å². The Morgan fingerprint density at radius 3 is 2.50 bits per heavy atom. The molecule has 20 heavy (non-hydrogen) atoms. The molecule has 0 saturated heterocycles. The van der Waals surface area contributed by atoms with E-state index in [1.165, 1.54) is 30.3 Å². The number of halogens is 2. The minimum Gasteiger partial charge on any atom is -0.292 e. The minimum atomic E-state index is -1.15. The first-order valence-electron chi connectivity index (χ1n) is 5.98. The van der Waals surface area contributed by atoms with Gasteiger partial charge in [0.1, 0.15) is 17.6 Å². The number of benzene rings is 2. The van der Waals surface area contributed by atoms with Crippen LogP contribution >= 0.6 is 0 Å². The molecular formula is C16H11F2NO. The molecule has 4 heteroatoms. The van der Waals surface area contributed by atoms with Crippen molar-refractivity contribution in [1.82, 2.24) is 0 Å². The third-order valence-corrected chi connectivity index (χ3v) is 2.90. The average Bonchev–Trinajstić information content (AvgIpc) is 2.38. The van der Waals surface area contributed by atoms with Gasteiger partial charge in [-0.15, -0.1) is 0 Å². The van der Waals surface area contributed by atoms with E-state index in [2.05, 4.69) is 0 Å². The summed E-state index contributed by atoms with van der Waals surface area (Å²) in [5.41, 5.74) is 0.960. The first-order chi connectivity index (χ1) is 9.51. The van der Waals surface area contributed by atoms with E-state index >= 15 is 0 Å². The van der Waals surface area contributed by atoms with E-state index < -0.39 is 23.3 Å². The van der Waals surface area contributed by atoms with E-state index in [9.17, 15) is 13.6 Å². The van der Waals surface area contributed by atoms with Crippen LogP contribution in [0, 0.1) is 29.9 Å². The molecule has 2 aromatic rings. The van der Waals surface area contributed by atoms with Gasteiger partial charge in [-0.05, 0) is 48.4 Å². The molecule has 0 N–H and O–H groups in total. The van der Waals surface area contributed by atoms with Crippen LogP contribution in [0.2, 0.25) is 0 Å². The molecule has 0 saturated carbocycles. The molecule has 0 radical (unpaired) electrons. The second-order valence-corrected chi connectivity index (χ2v) is 4.50. The van der Waals surface area contributed by atoms with Crippen molar-refractivity contribution in [3.05, 3.63) is 70.8 Å². The fourth-order valence-electron chi connectivity index (χ4n) is 2.02. The second-order valence-electron chi connectivity index (χ2n) is 4.50. The van der Waals surface area contributed by atoms with Crippen molar-refractivity contribution in [2.75, 3.05) is 0 Å². The lowest BCUT2D eigenvalue weighted by Gasteiger charge is -2.09. The largest absolute Gasteiger partial charge is 0.292 e. The number of nitrogens with zero attached hydrogens (tertiary/aromatic N) is 1. The van der Waals surface area contributed by atoms with Gasteiger partial charge in [0.25, 0.3) is 0 Å². The maximum atomic E-state index is 13.3. The zero-order valence-corrected chi connectivity index (χ0v) is 10.7. The van der Waals surface area contributed by atoms with Gasteiger partial charge in [-0.3, -0.25) is 4.79 Å². The maximum absolute atomic E-state index is 13.3. The van der Waals surface area contributed by atoms with E-state index in [1.807, 2.05) is 6.07 Å². The number of rotatable bonds is 3. The summed E-state index contributed by atoms with van der Waals surface area (Å²) in [5, 5.41) is 9.15. The molecule has 1 atom stereocenters. The molecule has 0 aliphatic rings. The number of hydrogen-bond donors (Lipinski definition) is 0. The lowest BCUT2D eigenvalue weighted by Crippen LogP contribution is -2.12. The molecule has 0 amide bonds. The molecule has 0 spiro atoms. The highest BCUT2D eigenvalue weighted by atomic mass is 19.1. The number of Topliss-reactive ketones (excluding diaryl/α,β-unsaturated/α-hetero) is 1. The van der Waals surface area contributed by atoms with Crippen LogP contribution in [0.4, 0.5) is 8.78 Å². The summed E-state index contributed by atoms with van der Waals surface area (Å²) in [6.45, 7) is 1.66. The third-order valence-electron chi connectivity index (χ3n) is 2.90. The lowest BCUT2D eigenvalue weighted by molar-refractivity contribution is 0.0978. The molecule has 0 aliphatic heterocycles. The third kappa shape index (κ3) is 2.89. The van der Waals surface area contributed by atoms with Gasteiger partial charge in [-0.1, -0.05) is 12.1 Å². The van der Waals surface area contributed by atoms with Gasteiger partial charge in [0.15, 0.2) is 5.78 Å². The van der Waals surface area contributed by atoms with Gasteiger partial charge >= 0.3 is 0 Å². The molecule has 0 fully saturated rings. The molecule has 0 aromatic heterocycles. The van der Waals surface area contributed by atoms with Gasteiger partial charge < -0.3 is 0 Å². The topological polar surface area (TPSA) is 40.9 Å². The Hall–Kier alpha value is -2.54. The maximum Gasteiger partial charge on any atom is 0.184 e. The van der Waals surface area contributed by atoms with Crippen molar-refractivity contribution < 1.29 is 13.6 Å². The van der Waals surface area contributed by atoms with Gasteiger partial charge in [0, 0.05) is 5.56 Å². The predicted molar refractivity (Wildman–Crippen MR) is 70.2 cm³/mol. The summed E-state index contributed by atoms with van der Waals surface area (Å²) >= 11 is 0. The van der Waals surface area contributed by atoms with Gasteiger partial charge in [-0.25, -0.2) is 8.78 Å². The van der Waals surface area contributed by atoms with Crippen LogP contribution < -0.4 is 0 Å². The van der Waals surface area contributed by atoms with Crippen LogP contribution in [0.3, 0.4) is 0 Å². The highest BCUT2D eigenvalue weighted by molar-refractivity contribution is 6.02. The van der Waals surface area contributed by atoms with E-state index in [4.69, 9.17) is 5.26 Å². The van der Waals surface area contributed by atoms with Gasteiger partial charge in [0.05, 0.1) is 6.07 Å². The molecule has 100 valence electrons. The molecular weight excluding hydrogens is 260 g/mol. The number of nitriles is 1. The smallest absolute Gasteiger partial charge is 0.184 e. The number of aryl methyl sites for hydroxylation is 1. The predicted octanol–water partition coefficient (Wildman–Crippen LogP) is 3.76. The van der Waals surface area contributed by atoms with Crippen LogP contribution in [0.25, 0.3) is 0 Å². The Kier molecular flexibility index (Phi) is 3.90. The Morgan fingerprint density at radius 1 is 1.15 bits per heavy atom. The number of carbonyl (C=O) groups excluding carboxylic acids is 1. The molecule has 2 aromatic carbocycles. The summed E-state index contributed by atoms with van der Waals surface area (Å²) in [5.74, 6) is -2.75. The SMILES string of the molecule is Cc1cc(F)cc(C(=O)C(C#N)c2cccc(F)c2)c1. The van der Waals surface area contributed by atoms with Crippen molar-refractivity contribution in [2.24, 2.45) is 0 Å².